The van der Waals surface area contributed by atoms with Gasteiger partial charge in [-0.3, -0.25) is 9.69 Å². The number of carbonyl (C=O) groups is 2. The first-order chi connectivity index (χ1) is 13.6. The Kier molecular flexibility index (Phi) is 6.78. The van der Waals surface area contributed by atoms with Crippen LogP contribution in [-0.4, -0.2) is 69.5 Å². The van der Waals surface area contributed by atoms with Gasteiger partial charge in [-0.25, -0.2) is 4.79 Å². The summed E-state index contributed by atoms with van der Waals surface area (Å²) in [7, 11) is 0. The topological polar surface area (TPSA) is 93.1 Å². The van der Waals surface area contributed by atoms with E-state index in [0.29, 0.717) is 26.1 Å². The molecule has 1 saturated carbocycles. The maximum Gasteiger partial charge on any atom is 0.407 e. The van der Waals surface area contributed by atoms with Crippen molar-refractivity contribution in [2.75, 3.05) is 19.6 Å². The molecule has 3 atom stereocenters. The Hall–Kier alpha value is -1.34. The zero-order valence-corrected chi connectivity index (χ0v) is 18.3. The molecule has 0 aromatic carbocycles. The van der Waals surface area contributed by atoms with Crippen LogP contribution >= 0.6 is 0 Å². The van der Waals surface area contributed by atoms with E-state index in [1.165, 1.54) is 6.42 Å². The molecule has 2 saturated heterocycles. The van der Waals surface area contributed by atoms with E-state index >= 15 is 0 Å². The molecule has 3 aliphatic rings. The molecular weight excluding hydrogens is 370 g/mol. The molecule has 0 bridgehead atoms. The van der Waals surface area contributed by atoms with Gasteiger partial charge < -0.3 is 20.4 Å². The molecule has 7 nitrogen and oxygen atoms in total. The minimum atomic E-state index is -1.42. The molecule has 1 aliphatic carbocycles. The van der Waals surface area contributed by atoms with Crippen LogP contribution in [0.2, 0.25) is 0 Å². The van der Waals surface area contributed by atoms with Crippen LogP contribution in [0.1, 0.15) is 78.6 Å². The van der Waals surface area contributed by atoms with E-state index in [1.807, 2.05) is 4.90 Å². The summed E-state index contributed by atoms with van der Waals surface area (Å²) in [6.45, 7) is 8.13. The first kappa shape index (κ1) is 22.3. The average molecular weight is 410 g/mol. The third-order valence-electron chi connectivity index (χ3n) is 7.22. The van der Waals surface area contributed by atoms with Gasteiger partial charge in [-0.05, 0) is 43.4 Å². The monoisotopic (exact) mass is 409 g/mol. The SMILES string of the molecule is CC(C)(C)C1CC(CN2CCC[C@@]2(O)C(=O)NC2CCCCC2)CCN1C(=O)O. The Morgan fingerprint density at radius 3 is 2.38 bits per heavy atom. The molecule has 0 aromatic rings. The van der Waals surface area contributed by atoms with Crippen molar-refractivity contribution in [1.29, 1.82) is 0 Å². The van der Waals surface area contributed by atoms with Crippen LogP contribution in [0.3, 0.4) is 0 Å². The summed E-state index contributed by atoms with van der Waals surface area (Å²) in [5.41, 5.74) is -1.56. The van der Waals surface area contributed by atoms with Crippen molar-refractivity contribution in [3.8, 4) is 0 Å². The molecule has 3 N–H and O–H groups in total. The summed E-state index contributed by atoms with van der Waals surface area (Å²) in [6.07, 6.45) is 7.49. The summed E-state index contributed by atoms with van der Waals surface area (Å²) >= 11 is 0. The van der Waals surface area contributed by atoms with Crippen molar-refractivity contribution in [3.05, 3.63) is 0 Å². The summed E-state index contributed by atoms with van der Waals surface area (Å²) in [5, 5.41) is 23.9. The highest BCUT2D eigenvalue weighted by Crippen LogP contribution is 2.37. The molecule has 2 amide bonds. The van der Waals surface area contributed by atoms with Crippen LogP contribution in [0.5, 0.6) is 0 Å². The highest BCUT2D eigenvalue weighted by molar-refractivity contribution is 5.85. The van der Waals surface area contributed by atoms with Gasteiger partial charge >= 0.3 is 6.09 Å². The molecule has 29 heavy (non-hydrogen) atoms. The second-order valence-electron chi connectivity index (χ2n) is 10.4. The van der Waals surface area contributed by atoms with Crippen molar-refractivity contribution in [2.45, 2.75) is 96.4 Å². The van der Waals surface area contributed by atoms with E-state index < -0.39 is 11.8 Å². The largest absolute Gasteiger partial charge is 0.465 e. The smallest absolute Gasteiger partial charge is 0.407 e. The second-order valence-corrected chi connectivity index (χ2v) is 10.4. The Bertz CT molecular complexity index is 599. The number of piperidine rings is 1. The predicted octanol–water partition coefficient (Wildman–Crippen LogP) is 3.02. The number of likely N-dealkylation sites (tertiary alicyclic amines) is 2. The highest BCUT2D eigenvalue weighted by atomic mass is 16.4. The fourth-order valence-electron chi connectivity index (χ4n) is 5.47. The van der Waals surface area contributed by atoms with Gasteiger partial charge in [-0.1, -0.05) is 40.0 Å². The number of nitrogens with one attached hydrogen (secondary N) is 1. The summed E-state index contributed by atoms with van der Waals surface area (Å²) < 4.78 is 0. The van der Waals surface area contributed by atoms with Gasteiger partial charge in [0.25, 0.3) is 5.91 Å². The molecule has 7 heteroatoms. The van der Waals surface area contributed by atoms with E-state index in [1.54, 1.807) is 4.90 Å². The standard InChI is InChI=1S/C22H39N3O4/c1-21(2,3)18-14-16(10-13-25(18)20(27)28)15-24-12-7-11-22(24,29)19(26)23-17-8-5-4-6-9-17/h16-18,29H,4-15H2,1-3H3,(H,23,26)(H,27,28)/t16?,18?,22-/m1/s1. The number of hydrogen-bond acceptors (Lipinski definition) is 4. The number of carbonyl (C=O) groups excluding carboxylic acids is 1. The number of aliphatic hydroxyl groups is 1. The normalized spacial score (nSPS) is 32.3. The van der Waals surface area contributed by atoms with Gasteiger partial charge in [0, 0.05) is 38.1 Å². The van der Waals surface area contributed by atoms with Gasteiger partial charge in [-0.15, -0.1) is 0 Å². The second kappa shape index (κ2) is 8.80. The van der Waals surface area contributed by atoms with Crippen LogP contribution in [0.25, 0.3) is 0 Å². The van der Waals surface area contributed by atoms with Crippen LogP contribution in [-0.2, 0) is 4.79 Å². The lowest BCUT2D eigenvalue weighted by atomic mass is 9.77. The molecule has 2 unspecified atom stereocenters. The van der Waals surface area contributed by atoms with E-state index in [-0.39, 0.29) is 29.3 Å². The maximum atomic E-state index is 13.0. The van der Waals surface area contributed by atoms with Crippen molar-refractivity contribution in [2.24, 2.45) is 11.3 Å². The van der Waals surface area contributed by atoms with Gasteiger partial charge in [0.15, 0.2) is 5.72 Å². The van der Waals surface area contributed by atoms with Crippen molar-refractivity contribution in [3.63, 3.8) is 0 Å². The Morgan fingerprint density at radius 1 is 1.07 bits per heavy atom. The van der Waals surface area contributed by atoms with E-state index in [2.05, 4.69) is 26.1 Å². The lowest BCUT2D eigenvalue weighted by Crippen LogP contribution is -2.59. The van der Waals surface area contributed by atoms with Crippen LogP contribution < -0.4 is 5.32 Å². The Morgan fingerprint density at radius 2 is 1.76 bits per heavy atom. The quantitative estimate of drug-likeness (QED) is 0.664. The molecule has 2 aliphatic heterocycles. The third-order valence-corrected chi connectivity index (χ3v) is 7.22. The zero-order chi connectivity index (χ0) is 21.2. The minimum absolute atomic E-state index is 0.0505. The summed E-state index contributed by atoms with van der Waals surface area (Å²) in [6, 6.07) is 0.136. The average Bonchev–Trinajstić information content (AvgIpc) is 3.03. The molecule has 2 heterocycles. The molecular formula is C22H39N3O4. The third kappa shape index (κ3) is 5.05. The van der Waals surface area contributed by atoms with Crippen LogP contribution in [0, 0.1) is 11.3 Å². The maximum absolute atomic E-state index is 13.0. The van der Waals surface area contributed by atoms with Crippen molar-refractivity contribution < 1.29 is 19.8 Å². The molecule has 3 rings (SSSR count). The lowest BCUT2D eigenvalue weighted by Gasteiger charge is -2.46. The minimum Gasteiger partial charge on any atom is -0.465 e. The number of hydrogen-bond donors (Lipinski definition) is 3. The first-order valence-electron chi connectivity index (χ1n) is 11.4. The van der Waals surface area contributed by atoms with Crippen LogP contribution in [0.15, 0.2) is 0 Å². The molecule has 0 aromatic heterocycles. The number of amides is 2. The molecule has 0 spiro atoms. The van der Waals surface area contributed by atoms with E-state index in [0.717, 1.165) is 44.9 Å². The summed E-state index contributed by atoms with van der Waals surface area (Å²) in [5.74, 6) is 0.0409. The zero-order valence-electron chi connectivity index (χ0n) is 18.3. The lowest BCUT2D eigenvalue weighted by molar-refractivity contribution is -0.160. The van der Waals surface area contributed by atoms with Crippen molar-refractivity contribution >= 4 is 12.0 Å². The fraction of sp³-hybridized carbons (Fsp3) is 0.909. The Balaban J connectivity index is 1.63. The van der Waals surface area contributed by atoms with Gasteiger partial charge in [0.1, 0.15) is 0 Å². The molecule has 0 radical (unpaired) electrons. The first-order valence-corrected chi connectivity index (χ1v) is 11.4. The number of rotatable bonds is 4. The number of nitrogens with zero attached hydrogens (tertiary/aromatic N) is 2. The van der Waals surface area contributed by atoms with Gasteiger partial charge in [-0.2, -0.15) is 0 Å². The Labute approximate surface area is 174 Å². The van der Waals surface area contributed by atoms with Crippen molar-refractivity contribution in [1.82, 2.24) is 15.1 Å². The number of carboxylic acid groups (broad SMARTS) is 1. The van der Waals surface area contributed by atoms with Gasteiger partial charge in [0.05, 0.1) is 0 Å². The summed E-state index contributed by atoms with van der Waals surface area (Å²) in [4.78, 5) is 28.2. The fourth-order valence-corrected chi connectivity index (χ4v) is 5.47. The molecule has 166 valence electrons. The predicted molar refractivity (Wildman–Crippen MR) is 111 cm³/mol. The highest BCUT2D eigenvalue weighted by Gasteiger charge is 2.48. The van der Waals surface area contributed by atoms with E-state index in [4.69, 9.17) is 0 Å². The van der Waals surface area contributed by atoms with Crippen LogP contribution in [0.4, 0.5) is 4.79 Å². The van der Waals surface area contributed by atoms with E-state index in [9.17, 15) is 19.8 Å². The molecule has 3 fully saturated rings. The van der Waals surface area contributed by atoms with Gasteiger partial charge in [0.2, 0.25) is 0 Å².